The lowest BCUT2D eigenvalue weighted by Crippen LogP contribution is -2.11. The van der Waals surface area contributed by atoms with Gasteiger partial charge in [0.15, 0.2) is 0 Å². The molecule has 1 unspecified atom stereocenters. The van der Waals surface area contributed by atoms with E-state index in [1.807, 2.05) is 13.2 Å². The van der Waals surface area contributed by atoms with Crippen molar-refractivity contribution in [2.75, 3.05) is 17.8 Å². The smallest absolute Gasteiger partial charge is 0.313 e. The van der Waals surface area contributed by atoms with Crippen LogP contribution in [-0.2, 0) is 4.79 Å². The maximum atomic E-state index is 10.4. The second-order valence-corrected chi connectivity index (χ2v) is 4.75. The molecule has 0 aromatic carbocycles. The second-order valence-electron chi connectivity index (χ2n) is 2.89. The Morgan fingerprint density at radius 2 is 2.40 bits per heavy atom. The molecule has 0 saturated carbocycles. The van der Waals surface area contributed by atoms with E-state index in [0.717, 1.165) is 17.5 Å². The van der Waals surface area contributed by atoms with Crippen LogP contribution in [0.15, 0.2) is 5.16 Å². The summed E-state index contributed by atoms with van der Waals surface area (Å²) in [6, 6.07) is 0.172. The number of carbonyl (C=O) groups is 1. The molecule has 1 aromatic rings. The molecule has 0 saturated heterocycles. The highest BCUT2D eigenvalue weighted by Crippen LogP contribution is 2.19. The fourth-order valence-electron chi connectivity index (χ4n) is 0.995. The highest BCUT2D eigenvalue weighted by atomic mass is 32.2. The van der Waals surface area contributed by atoms with Crippen LogP contribution in [-0.4, -0.2) is 49.0 Å². The zero-order valence-electron chi connectivity index (χ0n) is 8.45. The third kappa shape index (κ3) is 3.71. The molecule has 0 bridgehead atoms. The number of hydrogen-bond donors (Lipinski definition) is 1. The van der Waals surface area contributed by atoms with Crippen LogP contribution in [0.4, 0.5) is 0 Å². The molecule has 6 nitrogen and oxygen atoms in total. The predicted octanol–water partition coefficient (Wildman–Crippen LogP) is 0.774. The SMILES string of the molecule is CSCC(C)n1nnnc1SCC(=O)O. The average molecular weight is 248 g/mol. The van der Waals surface area contributed by atoms with Crippen molar-refractivity contribution < 1.29 is 9.90 Å². The largest absolute Gasteiger partial charge is 0.481 e. The molecule has 0 aliphatic rings. The number of carboxylic acids is 1. The molecule has 15 heavy (non-hydrogen) atoms. The van der Waals surface area contributed by atoms with Crippen LogP contribution in [0.25, 0.3) is 0 Å². The normalized spacial score (nSPS) is 12.7. The van der Waals surface area contributed by atoms with Crippen molar-refractivity contribution in [2.45, 2.75) is 18.1 Å². The van der Waals surface area contributed by atoms with E-state index in [9.17, 15) is 4.79 Å². The zero-order valence-corrected chi connectivity index (χ0v) is 10.1. The van der Waals surface area contributed by atoms with Gasteiger partial charge in [0, 0.05) is 5.75 Å². The first kappa shape index (κ1) is 12.3. The topological polar surface area (TPSA) is 80.9 Å². The summed E-state index contributed by atoms with van der Waals surface area (Å²) in [6.45, 7) is 2.00. The molecule has 0 spiro atoms. The Morgan fingerprint density at radius 3 is 3.00 bits per heavy atom. The van der Waals surface area contributed by atoms with Gasteiger partial charge in [-0.2, -0.15) is 11.8 Å². The number of aliphatic carboxylic acids is 1. The second kappa shape index (κ2) is 5.96. The Hall–Kier alpha value is -0.760. The Labute approximate surface area is 95.8 Å². The number of rotatable bonds is 6. The summed E-state index contributed by atoms with van der Waals surface area (Å²) >= 11 is 2.83. The Morgan fingerprint density at radius 1 is 1.67 bits per heavy atom. The van der Waals surface area contributed by atoms with Gasteiger partial charge in [0.25, 0.3) is 0 Å². The van der Waals surface area contributed by atoms with E-state index in [1.165, 1.54) is 0 Å². The van der Waals surface area contributed by atoms with Gasteiger partial charge in [-0.15, -0.1) is 5.10 Å². The molecule has 0 amide bonds. The lowest BCUT2D eigenvalue weighted by Gasteiger charge is -2.10. The summed E-state index contributed by atoms with van der Waals surface area (Å²) in [5, 5.41) is 20.3. The first-order valence-corrected chi connectivity index (χ1v) is 6.64. The number of thioether (sulfide) groups is 2. The monoisotopic (exact) mass is 248 g/mol. The summed E-state index contributed by atoms with van der Waals surface area (Å²) in [4.78, 5) is 10.4. The van der Waals surface area contributed by atoms with E-state index >= 15 is 0 Å². The molecular weight excluding hydrogens is 236 g/mol. The molecule has 1 heterocycles. The molecule has 1 rings (SSSR count). The zero-order chi connectivity index (χ0) is 11.3. The van der Waals surface area contributed by atoms with E-state index in [1.54, 1.807) is 16.4 Å². The van der Waals surface area contributed by atoms with Crippen molar-refractivity contribution in [1.29, 1.82) is 0 Å². The van der Waals surface area contributed by atoms with Crippen LogP contribution in [0.1, 0.15) is 13.0 Å². The minimum Gasteiger partial charge on any atom is -0.481 e. The lowest BCUT2D eigenvalue weighted by molar-refractivity contribution is -0.133. The fraction of sp³-hybridized carbons (Fsp3) is 0.714. The van der Waals surface area contributed by atoms with Crippen LogP contribution in [0.2, 0.25) is 0 Å². The molecular formula is C7H12N4O2S2. The van der Waals surface area contributed by atoms with E-state index in [4.69, 9.17) is 5.11 Å². The molecule has 1 atom stereocenters. The summed E-state index contributed by atoms with van der Waals surface area (Å²) in [5.41, 5.74) is 0. The maximum Gasteiger partial charge on any atom is 0.313 e. The number of carboxylic acid groups (broad SMARTS) is 1. The summed E-state index contributed by atoms with van der Waals surface area (Å²) in [6.07, 6.45) is 2.00. The number of tetrazole rings is 1. The molecule has 0 radical (unpaired) electrons. The molecule has 0 aliphatic carbocycles. The average Bonchev–Trinajstić information content (AvgIpc) is 2.62. The van der Waals surface area contributed by atoms with Gasteiger partial charge in [-0.25, -0.2) is 4.68 Å². The van der Waals surface area contributed by atoms with Gasteiger partial charge in [0.2, 0.25) is 5.16 Å². The number of aromatic nitrogens is 4. The van der Waals surface area contributed by atoms with E-state index in [2.05, 4.69) is 15.5 Å². The molecule has 1 aromatic heterocycles. The minimum atomic E-state index is -0.868. The molecule has 0 aliphatic heterocycles. The third-order valence-electron chi connectivity index (χ3n) is 1.61. The highest BCUT2D eigenvalue weighted by Gasteiger charge is 2.13. The van der Waals surface area contributed by atoms with Crippen molar-refractivity contribution in [2.24, 2.45) is 0 Å². The number of hydrogen-bond acceptors (Lipinski definition) is 6. The Kier molecular flexibility index (Phi) is 4.89. The number of nitrogens with zero attached hydrogens (tertiary/aromatic N) is 4. The predicted molar refractivity (Wildman–Crippen MR) is 59.3 cm³/mol. The summed E-state index contributed by atoms with van der Waals surface area (Å²) in [5.74, 6) is 0.00459. The van der Waals surface area contributed by atoms with Gasteiger partial charge in [0.1, 0.15) is 0 Å². The van der Waals surface area contributed by atoms with Crippen LogP contribution < -0.4 is 0 Å². The Bertz CT molecular complexity index is 331. The van der Waals surface area contributed by atoms with Gasteiger partial charge in [-0.1, -0.05) is 11.8 Å². The molecule has 0 fully saturated rings. The minimum absolute atomic E-state index is 0.0215. The molecule has 8 heteroatoms. The van der Waals surface area contributed by atoms with Crippen LogP contribution in [0.5, 0.6) is 0 Å². The Balaban J connectivity index is 2.64. The van der Waals surface area contributed by atoms with E-state index in [0.29, 0.717) is 5.16 Å². The fourth-order valence-corrected chi connectivity index (χ4v) is 2.31. The standard InChI is InChI=1S/C7H12N4O2S2/c1-5(3-14-2)11-7(8-9-10-11)15-4-6(12)13/h5H,3-4H2,1-2H3,(H,12,13). The van der Waals surface area contributed by atoms with Crippen LogP contribution >= 0.6 is 23.5 Å². The molecule has 1 N–H and O–H groups in total. The van der Waals surface area contributed by atoms with Gasteiger partial charge in [0.05, 0.1) is 11.8 Å². The maximum absolute atomic E-state index is 10.4. The molecule has 84 valence electrons. The van der Waals surface area contributed by atoms with Crippen LogP contribution in [0.3, 0.4) is 0 Å². The summed E-state index contributed by atoms with van der Waals surface area (Å²) in [7, 11) is 0. The first-order chi connectivity index (χ1) is 7.15. The van der Waals surface area contributed by atoms with E-state index < -0.39 is 5.97 Å². The lowest BCUT2D eigenvalue weighted by atomic mass is 10.4. The van der Waals surface area contributed by atoms with Gasteiger partial charge >= 0.3 is 5.97 Å². The van der Waals surface area contributed by atoms with Gasteiger partial charge < -0.3 is 5.11 Å². The quantitative estimate of drug-likeness (QED) is 0.745. The highest BCUT2D eigenvalue weighted by molar-refractivity contribution is 7.99. The van der Waals surface area contributed by atoms with Crippen molar-refractivity contribution in [3.63, 3.8) is 0 Å². The van der Waals surface area contributed by atoms with Crippen molar-refractivity contribution >= 4 is 29.5 Å². The van der Waals surface area contributed by atoms with Crippen molar-refractivity contribution in [1.82, 2.24) is 20.2 Å². The van der Waals surface area contributed by atoms with Crippen molar-refractivity contribution in [3.05, 3.63) is 0 Å². The van der Waals surface area contributed by atoms with E-state index in [-0.39, 0.29) is 11.8 Å². The third-order valence-corrected chi connectivity index (χ3v) is 3.35. The van der Waals surface area contributed by atoms with Gasteiger partial charge in [-0.3, -0.25) is 4.79 Å². The summed E-state index contributed by atoms with van der Waals surface area (Å²) < 4.78 is 1.66. The first-order valence-electron chi connectivity index (χ1n) is 4.26. The van der Waals surface area contributed by atoms with Crippen LogP contribution in [0, 0.1) is 0 Å². The van der Waals surface area contributed by atoms with Gasteiger partial charge in [-0.05, 0) is 23.6 Å². The van der Waals surface area contributed by atoms with Crippen molar-refractivity contribution in [3.8, 4) is 0 Å².